The van der Waals surface area contributed by atoms with Gasteiger partial charge in [0.25, 0.3) is 5.91 Å². The van der Waals surface area contributed by atoms with Crippen LogP contribution in [-0.2, 0) is 23.0 Å². The number of hydrogen-bond donors (Lipinski definition) is 2. The van der Waals surface area contributed by atoms with Gasteiger partial charge in [0.05, 0.1) is 4.90 Å². The Kier molecular flexibility index (Phi) is 8.16. The van der Waals surface area contributed by atoms with E-state index >= 15 is 0 Å². The van der Waals surface area contributed by atoms with Crippen LogP contribution in [0.15, 0.2) is 89.8 Å². The van der Waals surface area contributed by atoms with Crippen molar-refractivity contribution in [2.75, 3.05) is 20.6 Å². The second-order valence-corrected chi connectivity index (χ2v) is 9.62. The third-order valence-electron chi connectivity index (χ3n) is 5.26. The highest BCUT2D eigenvalue weighted by Gasteiger charge is 2.18. The summed E-state index contributed by atoms with van der Waals surface area (Å²) in [5, 5.41) is 2.94. The molecule has 32 heavy (non-hydrogen) atoms. The molecule has 0 saturated heterocycles. The molecular weight excluding hydrogens is 422 g/mol. The van der Waals surface area contributed by atoms with Gasteiger partial charge in [0, 0.05) is 24.7 Å². The van der Waals surface area contributed by atoms with Crippen LogP contribution >= 0.6 is 0 Å². The van der Waals surface area contributed by atoms with E-state index in [0.717, 1.165) is 12.0 Å². The lowest BCUT2D eigenvalue weighted by molar-refractivity contribution is 0.0941. The quantitative estimate of drug-likeness (QED) is 0.497. The highest BCUT2D eigenvalue weighted by Crippen LogP contribution is 2.13. The van der Waals surface area contributed by atoms with Gasteiger partial charge in [0.1, 0.15) is 0 Å². The Labute approximate surface area is 190 Å². The average Bonchev–Trinajstić information content (AvgIpc) is 2.81. The Hall–Kier alpha value is -3.00. The summed E-state index contributed by atoms with van der Waals surface area (Å²) in [7, 11) is 0.217. The minimum Gasteiger partial charge on any atom is -0.350 e. The van der Waals surface area contributed by atoms with Gasteiger partial charge in [0.15, 0.2) is 0 Å². The summed E-state index contributed by atoms with van der Waals surface area (Å²) >= 11 is 0. The molecule has 0 aliphatic rings. The van der Waals surface area contributed by atoms with Crippen LogP contribution in [-0.4, -0.2) is 45.9 Å². The van der Waals surface area contributed by atoms with Gasteiger partial charge in [-0.3, -0.25) is 4.79 Å². The lowest BCUT2D eigenvalue weighted by Crippen LogP contribution is -2.41. The molecule has 0 saturated carbocycles. The molecule has 1 unspecified atom stereocenters. The first-order valence-electron chi connectivity index (χ1n) is 10.5. The Morgan fingerprint density at radius 3 is 2.12 bits per heavy atom. The van der Waals surface area contributed by atoms with E-state index in [4.69, 9.17) is 0 Å². The molecule has 0 aromatic heterocycles. The van der Waals surface area contributed by atoms with Gasteiger partial charge in [-0.2, -0.15) is 0 Å². The minimum absolute atomic E-state index is 0.0644. The van der Waals surface area contributed by atoms with E-state index in [0.29, 0.717) is 12.1 Å². The van der Waals surface area contributed by atoms with Crippen molar-refractivity contribution >= 4 is 15.9 Å². The highest BCUT2D eigenvalue weighted by atomic mass is 32.2. The number of sulfonamides is 1. The fourth-order valence-electron chi connectivity index (χ4n) is 3.30. The van der Waals surface area contributed by atoms with Gasteiger partial charge in [-0.05, 0) is 49.8 Å². The third-order valence-corrected chi connectivity index (χ3v) is 6.66. The monoisotopic (exact) mass is 451 g/mol. The van der Waals surface area contributed by atoms with Gasteiger partial charge in [-0.15, -0.1) is 0 Å². The molecule has 2 N–H and O–H groups in total. The van der Waals surface area contributed by atoms with Crippen LogP contribution in [0.2, 0.25) is 0 Å². The van der Waals surface area contributed by atoms with Crippen LogP contribution in [0.25, 0.3) is 0 Å². The van der Waals surface area contributed by atoms with Gasteiger partial charge in [0.2, 0.25) is 10.0 Å². The molecule has 0 bridgehead atoms. The third kappa shape index (κ3) is 6.75. The smallest absolute Gasteiger partial charge is 0.251 e. The van der Waals surface area contributed by atoms with E-state index in [9.17, 15) is 13.2 Å². The topological polar surface area (TPSA) is 78.5 Å². The van der Waals surface area contributed by atoms with Crippen molar-refractivity contribution in [3.8, 4) is 0 Å². The minimum atomic E-state index is -3.74. The fraction of sp³-hybridized carbons (Fsp3) is 0.240. The van der Waals surface area contributed by atoms with Crippen molar-refractivity contribution in [3.63, 3.8) is 0 Å². The first-order valence-corrected chi connectivity index (χ1v) is 12.0. The Morgan fingerprint density at radius 2 is 1.50 bits per heavy atom. The first kappa shape index (κ1) is 23.7. The summed E-state index contributed by atoms with van der Waals surface area (Å²) in [5.41, 5.74) is 2.36. The van der Waals surface area contributed by atoms with Crippen molar-refractivity contribution in [2.24, 2.45) is 0 Å². The van der Waals surface area contributed by atoms with E-state index in [-0.39, 0.29) is 23.4 Å². The summed E-state index contributed by atoms with van der Waals surface area (Å²) in [5.74, 6) is -0.301. The second kappa shape index (κ2) is 11.0. The molecule has 7 heteroatoms. The molecule has 168 valence electrons. The van der Waals surface area contributed by atoms with Crippen LogP contribution in [0.4, 0.5) is 0 Å². The second-order valence-electron chi connectivity index (χ2n) is 7.86. The zero-order chi connectivity index (χ0) is 23.0. The Morgan fingerprint density at radius 1 is 0.875 bits per heavy atom. The van der Waals surface area contributed by atoms with Gasteiger partial charge < -0.3 is 10.2 Å². The van der Waals surface area contributed by atoms with Gasteiger partial charge in [-0.25, -0.2) is 13.1 Å². The van der Waals surface area contributed by atoms with E-state index in [1.54, 1.807) is 12.1 Å². The van der Waals surface area contributed by atoms with Crippen LogP contribution in [0.3, 0.4) is 0 Å². The molecular formula is C25H29N3O3S. The summed E-state index contributed by atoms with van der Waals surface area (Å²) < 4.78 is 28.0. The molecule has 0 aliphatic heterocycles. The molecule has 3 aromatic carbocycles. The fourth-order valence-corrected chi connectivity index (χ4v) is 4.36. The number of nitrogens with zero attached hydrogens (tertiary/aromatic N) is 1. The van der Waals surface area contributed by atoms with Crippen molar-refractivity contribution in [3.05, 3.63) is 102 Å². The average molecular weight is 452 g/mol. The summed E-state index contributed by atoms with van der Waals surface area (Å²) in [4.78, 5) is 14.9. The van der Waals surface area contributed by atoms with Crippen LogP contribution < -0.4 is 10.0 Å². The van der Waals surface area contributed by atoms with Crippen LogP contribution in [0.5, 0.6) is 0 Å². The van der Waals surface area contributed by atoms with Crippen molar-refractivity contribution in [1.29, 1.82) is 0 Å². The number of hydrogen-bond acceptors (Lipinski definition) is 4. The van der Waals surface area contributed by atoms with Crippen molar-refractivity contribution in [1.82, 2.24) is 14.9 Å². The predicted molar refractivity (Wildman–Crippen MR) is 127 cm³/mol. The number of rotatable bonds is 10. The predicted octanol–water partition coefficient (Wildman–Crippen LogP) is 3.07. The Balaban J connectivity index is 1.63. The largest absolute Gasteiger partial charge is 0.350 e. The molecule has 3 aromatic rings. The molecule has 0 fully saturated rings. The van der Waals surface area contributed by atoms with E-state index in [2.05, 4.69) is 27.1 Å². The number of carbonyl (C=O) groups is 1. The number of nitrogens with one attached hydrogen (secondary N) is 2. The number of carbonyl (C=O) groups excluding carboxylic acids is 1. The van der Waals surface area contributed by atoms with Crippen LogP contribution in [0, 0.1) is 0 Å². The van der Waals surface area contributed by atoms with E-state index < -0.39 is 10.0 Å². The standard InChI is InChI=1S/C25H29N3O3S/c1-28(2)23(16-20-10-5-3-6-11-20)19-26-25(29)22-14-9-15-24(17-22)32(30,31)27-18-21-12-7-4-8-13-21/h3-15,17,23,27H,16,18-19H2,1-2H3,(H,26,29). The summed E-state index contributed by atoms with van der Waals surface area (Å²) in [6.07, 6.45) is 0.798. The zero-order valence-corrected chi connectivity index (χ0v) is 19.2. The van der Waals surface area contributed by atoms with Crippen molar-refractivity contribution < 1.29 is 13.2 Å². The summed E-state index contributed by atoms with van der Waals surface area (Å²) in [6, 6.07) is 25.6. The molecule has 6 nitrogen and oxygen atoms in total. The number of likely N-dealkylation sites (N-methyl/N-ethyl adjacent to an activating group) is 1. The Bertz CT molecular complexity index is 1120. The summed E-state index contributed by atoms with van der Waals surface area (Å²) in [6.45, 7) is 0.633. The van der Waals surface area contributed by atoms with Gasteiger partial charge in [-0.1, -0.05) is 66.7 Å². The maximum absolute atomic E-state index is 12.7. The SMILES string of the molecule is CN(C)C(CNC(=O)c1cccc(S(=O)(=O)NCc2ccccc2)c1)Cc1ccccc1. The molecule has 1 atom stereocenters. The van der Waals surface area contributed by atoms with E-state index in [1.807, 2.05) is 62.6 Å². The number of amides is 1. The van der Waals surface area contributed by atoms with Crippen molar-refractivity contribution in [2.45, 2.75) is 23.9 Å². The van der Waals surface area contributed by atoms with Gasteiger partial charge >= 0.3 is 0 Å². The maximum atomic E-state index is 12.7. The first-order chi connectivity index (χ1) is 15.3. The zero-order valence-electron chi connectivity index (χ0n) is 18.4. The normalized spacial score (nSPS) is 12.5. The molecule has 0 radical (unpaired) electrons. The maximum Gasteiger partial charge on any atom is 0.251 e. The lowest BCUT2D eigenvalue weighted by Gasteiger charge is -2.25. The molecule has 3 rings (SSSR count). The lowest BCUT2D eigenvalue weighted by atomic mass is 10.1. The highest BCUT2D eigenvalue weighted by molar-refractivity contribution is 7.89. The van der Waals surface area contributed by atoms with E-state index in [1.165, 1.54) is 17.7 Å². The molecule has 1 amide bonds. The number of benzene rings is 3. The molecule has 0 heterocycles. The van der Waals surface area contributed by atoms with Crippen LogP contribution in [0.1, 0.15) is 21.5 Å². The molecule has 0 spiro atoms. The molecule has 0 aliphatic carbocycles.